The van der Waals surface area contributed by atoms with Crippen LogP contribution in [0.4, 0.5) is 23.7 Å². The van der Waals surface area contributed by atoms with E-state index in [9.17, 15) is 18.0 Å². The first-order valence-electron chi connectivity index (χ1n) is 6.68. The Labute approximate surface area is 116 Å². The van der Waals surface area contributed by atoms with Gasteiger partial charge in [-0.05, 0) is 6.42 Å². The SMILES string of the molecule is CCCCCCCN(C(N)=O)c1c(F)cc(F)cc1F. The minimum Gasteiger partial charge on any atom is -0.351 e. The normalized spacial score (nSPS) is 10.6. The van der Waals surface area contributed by atoms with Crippen molar-refractivity contribution in [2.75, 3.05) is 11.4 Å². The number of hydrogen-bond donors (Lipinski definition) is 1. The number of unbranched alkanes of at least 4 members (excludes halogenated alkanes) is 4. The molecule has 1 aromatic carbocycles. The number of urea groups is 1. The maximum atomic E-state index is 13.6. The van der Waals surface area contributed by atoms with E-state index in [4.69, 9.17) is 5.73 Å². The first kappa shape index (κ1) is 16.3. The molecule has 6 heteroatoms. The number of carbonyl (C=O) groups is 1. The Kier molecular flexibility index (Phi) is 6.35. The minimum atomic E-state index is -1.13. The van der Waals surface area contributed by atoms with Crippen LogP contribution in [-0.2, 0) is 0 Å². The van der Waals surface area contributed by atoms with Crippen molar-refractivity contribution < 1.29 is 18.0 Å². The molecule has 1 rings (SSSR count). The van der Waals surface area contributed by atoms with Crippen molar-refractivity contribution >= 4 is 11.7 Å². The second-order valence-corrected chi connectivity index (χ2v) is 4.62. The smallest absolute Gasteiger partial charge is 0.319 e. The maximum absolute atomic E-state index is 13.6. The summed E-state index contributed by atoms with van der Waals surface area (Å²) in [6, 6.07) is 0.113. The summed E-state index contributed by atoms with van der Waals surface area (Å²) < 4.78 is 40.1. The molecule has 1 aromatic rings. The Hall–Kier alpha value is -1.72. The average Bonchev–Trinajstić information content (AvgIpc) is 2.34. The molecule has 112 valence electrons. The van der Waals surface area contributed by atoms with Crippen LogP contribution in [0.1, 0.15) is 39.0 Å². The standard InChI is InChI=1S/C14H19F3N2O/c1-2-3-4-5-6-7-19(14(18)20)13-11(16)8-10(15)9-12(13)17/h8-9H,2-7H2,1H3,(H2,18,20). The van der Waals surface area contributed by atoms with E-state index in [-0.39, 0.29) is 6.54 Å². The van der Waals surface area contributed by atoms with Gasteiger partial charge in [0.1, 0.15) is 11.5 Å². The van der Waals surface area contributed by atoms with Gasteiger partial charge in [-0.3, -0.25) is 4.90 Å². The highest BCUT2D eigenvalue weighted by molar-refractivity contribution is 5.90. The molecule has 0 saturated carbocycles. The topological polar surface area (TPSA) is 46.3 Å². The molecule has 2 N–H and O–H groups in total. The molecule has 0 aliphatic rings. The van der Waals surface area contributed by atoms with Crippen molar-refractivity contribution in [3.8, 4) is 0 Å². The molecule has 0 heterocycles. The fourth-order valence-electron chi connectivity index (χ4n) is 2.00. The molecular weight excluding hydrogens is 269 g/mol. The van der Waals surface area contributed by atoms with E-state index in [1.807, 2.05) is 0 Å². The fraction of sp³-hybridized carbons (Fsp3) is 0.500. The first-order valence-corrected chi connectivity index (χ1v) is 6.68. The highest BCUT2D eigenvalue weighted by Crippen LogP contribution is 2.25. The lowest BCUT2D eigenvalue weighted by Crippen LogP contribution is -2.37. The summed E-state index contributed by atoms with van der Waals surface area (Å²) in [5.74, 6) is -3.29. The zero-order valence-corrected chi connectivity index (χ0v) is 11.5. The van der Waals surface area contributed by atoms with Gasteiger partial charge in [-0.15, -0.1) is 0 Å². The minimum absolute atomic E-state index is 0.110. The van der Waals surface area contributed by atoms with Crippen molar-refractivity contribution in [2.45, 2.75) is 39.0 Å². The summed E-state index contributed by atoms with van der Waals surface area (Å²) in [6.07, 6.45) is 4.54. The molecule has 0 aliphatic heterocycles. The van der Waals surface area contributed by atoms with E-state index >= 15 is 0 Å². The highest BCUT2D eigenvalue weighted by Gasteiger charge is 2.21. The summed E-state index contributed by atoms with van der Waals surface area (Å²) in [6.45, 7) is 2.18. The molecule has 2 amide bonds. The van der Waals surface area contributed by atoms with Gasteiger partial charge in [0.2, 0.25) is 0 Å². The highest BCUT2D eigenvalue weighted by atomic mass is 19.1. The van der Waals surface area contributed by atoms with Gasteiger partial charge in [-0.2, -0.15) is 0 Å². The van der Waals surface area contributed by atoms with Crippen molar-refractivity contribution in [3.63, 3.8) is 0 Å². The predicted octanol–water partition coefficient (Wildman–Crippen LogP) is 3.96. The van der Waals surface area contributed by atoms with Gasteiger partial charge in [0, 0.05) is 18.7 Å². The Morgan fingerprint density at radius 1 is 1.10 bits per heavy atom. The van der Waals surface area contributed by atoms with Crippen LogP contribution in [0.25, 0.3) is 0 Å². The number of rotatable bonds is 7. The monoisotopic (exact) mass is 288 g/mol. The Morgan fingerprint density at radius 3 is 2.15 bits per heavy atom. The lowest BCUT2D eigenvalue weighted by molar-refractivity contribution is 0.253. The van der Waals surface area contributed by atoms with E-state index < -0.39 is 29.2 Å². The van der Waals surface area contributed by atoms with Crippen molar-refractivity contribution in [2.24, 2.45) is 5.73 Å². The molecule has 0 spiro atoms. The predicted molar refractivity (Wildman–Crippen MR) is 72.0 cm³/mol. The van der Waals surface area contributed by atoms with Crippen LogP contribution < -0.4 is 10.6 Å². The molecular formula is C14H19F3N2O. The maximum Gasteiger partial charge on any atom is 0.319 e. The third-order valence-corrected chi connectivity index (χ3v) is 3.00. The molecule has 0 saturated heterocycles. The van der Waals surface area contributed by atoms with E-state index in [0.29, 0.717) is 18.6 Å². The number of anilines is 1. The van der Waals surface area contributed by atoms with Gasteiger partial charge in [0.05, 0.1) is 0 Å². The van der Waals surface area contributed by atoms with Crippen LogP contribution in [0, 0.1) is 17.5 Å². The van der Waals surface area contributed by atoms with Gasteiger partial charge < -0.3 is 5.73 Å². The molecule has 0 unspecified atom stereocenters. The molecule has 0 aliphatic carbocycles. The number of amides is 2. The lowest BCUT2D eigenvalue weighted by atomic mass is 10.1. The summed E-state index contributed by atoms with van der Waals surface area (Å²) in [4.78, 5) is 12.1. The molecule has 0 atom stereocenters. The second-order valence-electron chi connectivity index (χ2n) is 4.62. The lowest BCUT2D eigenvalue weighted by Gasteiger charge is -2.21. The van der Waals surface area contributed by atoms with Gasteiger partial charge >= 0.3 is 6.03 Å². The van der Waals surface area contributed by atoms with Crippen LogP contribution in [0.15, 0.2) is 12.1 Å². The molecule has 0 fully saturated rings. The molecule has 3 nitrogen and oxygen atoms in total. The fourth-order valence-corrected chi connectivity index (χ4v) is 2.00. The van der Waals surface area contributed by atoms with Gasteiger partial charge in [-0.25, -0.2) is 18.0 Å². The van der Waals surface area contributed by atoms with Gasteiger partial charge in [-0.1, -0.05) is 32.6 Å². The van der Waals surface area contributed by atoms with Crippen molar-refractivity contribution in [3.05, 3.63) is 29.6 Å². The Morgan fingerprint density at radius 2 is 1.65 bits per heavy atom. The summed E-state index contributed by atoms with van der Waals surface area (Å²) in [5.41, 5.74) is 4.56. The zero-order valence-electron chi connectivity index (χ0n) is 11.5. The van der Waals surface area contributed by atoms with E-state index in [1.165, 1.54) is 0 Å². The van der Waals surface area contributed by atoms with Crippen molar-refractivity contribution in [1.82, 2.24) is 0 Å². The Balaban J connectivity index is 2.79. The molecule has 0 aromatic heterocycles. The summed E-state index contributed by atoms with van der Waals surface area (Å²) in [7, 11) is 0. The second kappa shape index (κ2) is 7.77. The van der Waals surface area contributed by atoms with Crippen molar-refractivity contribution in [1.29, 1.82) is 0 Å². The number of hydrogen-bond acceptors (Lipinski definition) is 1. The van der Waals surface area contributed by atoms with Gasteiger partial charge in [0.15, 0.2) is 11.6 Å². The molecule has 0 radical (unpaired) electrons. The largest absolute Gasteiger partial charge is 0.351 e. The quantitative estimate of drug-likeness (QED) is 0.758. The average molecular weight is 288 g/mol. The van der Waals surface area contributed by atoms with Crippen LogP contribution >= 0.6 is 0 Å². The Bertz CT molecular complexity index is 443. The number of carbonyl (C=O) groups excluding carboxylic acids is 1. The molecule has 0 bridgehead atoms. The number of nitrogens with two attached hydrogens (primary N) is 1. The van der Waals surface area contributed by atoms with E-state index in [2.05, 4.69) is 6.92 Å². The van der Waals surface area contributed by atoms with E-state index in [0.717, 1.165) is 30.6 Å². The number of primary amides is 1. The third-order valence-electron chi connectivity index (χ3n) is 3.00. The van der Waals surface area contributed by atoms with Crippen LogP contribution in [0.5, 0.6) is 0 Å². The zero-order chi connectivity index (χ0) is 15.1. The summed E-state index contributed by atoms with van der Waals surface area (Å²) in [5, 5.41) is 0. The third kappa shape index (κ3) is 4.43. The first-order chi connectivity index (χ1) is 9.47. The summed E-state index contributed by atoms with van der Waals surface area (Å²) >= 11 is 0. The van der Waals surface area contributed by atoms with Crippen LogP contribution in [-0.4, -0.2) is 12.6 Å². The van der Waals surface area contributed by atoms with Crippen LogP contribution in [0.3, 0.4) is 0 Å². The van der Waals surface area contributed by atoms with Crippen LogP contribution in [0.2, 0.25) is 0 Å². The molecule has 20 heavy (non-hydrogen) atoms. The van der Waals surface area contributed by atoms with Gasteiger partial charge in [0.25, 0.3) is 0 Å². The number of nitrogens with zero attached hydrogens (tertiary/aromatic N) is 1. The number of halogens is 3. The van der Waals surface area contributed by atoms with E-state index in [1.54, 1.807) is 0 Å². The number of benzene rings is 1.